The Morgan fingerprint density at radius 2 is 1.72 bits per heavy atom. The van der Waals surface area contributed by atoms with Crippen molar-refractivity contribution in [2.24, 2.45) is 0 Å². The first-order valence-corrected chi connectivity index (χ1v) is 10.6. The molecule has 0 atom stereocenters. The fourth-order valence-electron chi connectivity index (χ4n) is 2.93. The molecule has 1 aliphatic heterocycles. The Hall–Kier alpha value is -1.70. The lowest BCUT2D eigenvalue weighted by molar-refractivity contribution is 0.0768. The average Bonchev–Trinajstić information content (AvgIpc) is 2.86. The van der Waals surface area contributed by atoms with E-state index in [-0.39, 0.29) is 5.91 Å². The average molecular weight is 379 g/mol. The molecule has 0 spiro atoms. The molecule has 134 valence electrons. The highest BCUT2D eigenvalue weighted by Crippen LogP contribution is 2.21. The monoisotopic (exact) mass is 378 g/mol. The first-order chi connectivity index (χ1) is 11.9. The Balaban J connectivity index is 1.74. The van der Waals surface area contributed by atoms with Crippen LogP contribution in [-0.2, 0) is 10.0 Å². The molecule has 25 heavy (non-hydrogen) atoms. The number of carbonyl (C=O) groups is 1. The molecule has 3 rings (SSSR count). The summed E-state index contributed by atoms with van der Waals surface area (Å²) < 4.78 is 27.2. The minimum absolute atomic E-state index is 0.00193. The number of sulfonamides is 1. The number of thiophene rings is 1. The molecule has 5 nitrogen and oxygen atoms in total. The molecule has 1 aromatic carbocycles. The molecule has 1 fully saturated rings. The molecule has 2 heterocycles. The summed E-state index contributed by atoms with van der Waals surface area (Å²) in [6.45, 7) is 5.61. The van der Waals surface area contributed by atoms with Gasteiger partial charge in [-0.05, 0) is 49.4 Å². The molecule has 2 aromatic rings. The van der Waals surface area contributed by atoms with Crippen LogP contribution in [0.4, 0.5) is 0 Å². The third-order valence-electron chi connectivity index (χ3n) is 4.46. The van der Waals surface area contributed by atoms with Gasteiger partial charge in [-0.25, -0.2) is 8.42 Å². The van der Waals surface area contributed by atoms with Crippen LogP contribution in [0.2, 0.25) is 0 Å². The van der Waals surface area contributed by atoms with Gasteiger partial charge >= 0.3 is 0 Å². The number of hydrogen-bond donors (Lipinski definition) is 0. The van der Waals surface area contributed by atoms with Crippen LogP contribution < -0.4 is 0 Å². The summed E-state index contributed by atoms with van der Waals surface area (Å²) in [5.74, 6) is 0.00193. The zero-order valence-electron chi connectivity index (χ0n) is 14.4. The van der Waals surface area contributed by atoms with Gasteiger partial charge in [-0.3, -0.25) is 4.79 Å². The van der Waals surface area contributed by atoms with Crippen molar-refractivity contribution >= 4 is 27.3 Å². The van der Waals surface area contributed by atoms with Crippen molar-refractivity contribution in [1.29, 1.82) is 0 Å². The second-order valence-corrected chi connectivity index (χ2v) is 9.15. The number of rotatable bonds is 3. The Morgan fingerprint density at radius 1 is 1.00 bits per heavy atom. The number of hydrogen-bond acceptors (Lipinski definition) is 4. The SMILES string of the molecule is Cc1ccc(S(=O)(=O)N2CCCN(C(=O)c3sccc3C)CC2)cc1. The number of benzene rings is 1. The predicted molar refractivity (Wildman–Crippen MR) is 99.5 cm³/mol. The van der Waals surface area contributed by atoms with Gasteiger partial charge in [-0.2, -0.15) is 4.31 Å². The van der Waals surface area contributed by atoms with E-state index in [0.29, 0.717) is 37.5 Å². The largest absolute Gasteiger partial charge is 0.337 e. The quantitative estimate of drug-likeness (QED) is 0.825. The number of carbonyl (C=O) groups excluding carboxylic acids is 1. The first kappa shape index (κ1) is 18.1. The summed E-state index contributed by atoms with van der Waals surface area (Å²) in [5.41, 5.74) is 2.00. The summed E-state index contributed by atoms with van der Waals surface area (Å²) in [7, 11) is -3.52. The van der Waals surface area contributed by atoms with E-state index in [0.717, 1.165) is 16.0 Å². The summed E-state index contributed by atoms with van der Waals surface area (Å²) in [6.07, 6.45) is 0.640. The van der Waals surface area contributed by atoms with E-state index in [1.165, 1.54) is 15.6 Å². The summed E-state index contributed by atoms with van der Waals surface area (Å²) in [5, 5.41) is 1.91. The highest BCUT2D eigenvalue weighted by Gasteiger charge is 2.29. The molecular formula is C18H22N2O3S2. The van der Waals surface area contributed by atoms with Crippen LogP contribution in [0.15, 0.2) is 40.6 Å². The molecule has 1 aromatic heterocycles. The Morgan fingerprint density at radius 3 is 2.36 bits per heavy atom. The van der Waals surface area contributed by atoms with Crippen molar-refractivity contribution in [1.82, 2.24) is 9.21 Å². The second-order valence-electron chi connectivity index (χ2n) is 6.30. The van der Waals surface area contributed by atoms with Crippen LogP contribution in [0.5, 0.6) is 0 Å². The molecule has 0 aliphatic carbocycles. The van der Waals surface area contributed by atoms with Gasteiger partial charge in [-0.1, -0.05) is 17.7 Å². The molecule has 0 radical (unpaired) electrons. The van der Waals surface area contributed by atoms with Gasteiger partial charge in [0.2, 0.25) is 10.0 Å². The Kier molecular flexibility index (Phi) is 5.27. The van der Waals surface area contributed by atoms with Crippen LogP contribution in [0, 0.1) is 13.8 Å². The Labute approximate surface area is 152 Å². The van der Waals surface area contributed by atoms with E-state index in [2.05, 4.69) is 0 Å². The normalized spacial score (nSPS) is 16.6. The van der Waals surface area contributed by atoms with Gasteiger partial charge in [0.25, 0.3) is 5.91 Å². The van der Waals surface area contributed by atoms with Crippen LogP contribution in [-0.4, -0.2) is 49.7 Å². The molecule has 1 amide bonds. The highest BCUT2D eigenvalue weighted by atomic mass is 32.2. The van der Waals surface area contributed by atoms with Gasteiger partial charge in [-0.15, -0.1) is 11.3 Å². The summed E-state index contributed by atoms with van der Waals surface area (Å²) in [6, 6.07) is 8.84. The second kappa shape index (κ2) is 7.27. The lowest BCUT2D eigenvalue weighted by Gasteiger charge is -2.22. The number of aryl methyl sites for hydroxylation is 2. The van der Waals surface area contributed by atoms with E-state index >= 15 is 0 Å². The van der Waals surface area contributed by atoms with Gasteiger partial charge < -0.3 is 4.90 Å². The molecule has 0 saturated carbocycles. The van der Waals surface area contributed by atoms with Crippen molar-refractivity contribution in [3.63, 3.8) is 0 Å². The third-order valence-corrected chi connectivity index (χ3v) is 7.37. The zero-order chi connectivity index (χ0) is 18.0. The van der Waals surface area contributed by atoms with Crippen molar-refractivity contribution in [2.45, 2.75) is 25.2 Å². The minimum Gasteiger partial charge on any atom is -0.337 e. The topological polar surface area (TPSA) is 57.7 Å². The zero-order valence-corrected chi connectivity index (χ0v) is 16.1. The van der Waals surface area contributed by atoms with Gasteiger partial charge in [0.15, 0.2) is 0 Å². The summed E-state index contributed by atoms with van der Waals surface area (Å²) in [4.78, 5) is 15.5. The van der Waals surface area contributed by atoms with E-state index in [4.69, 9.17) is 0 Å². The van der Waals surface area contributed by atoms with Crippen LogP contribution >= 0.6 is 11.3 Å². The minimum atomic E-state index is -3.52. The molecular weight excluding hydrogens is 356 g/mol. The van der Waals surface area contributed by atoms with E-state index in [1.54, 1.807) is 29.2 Å². The van der Waals surface area contributed by atoms with Gasteiger partial charge in [0.1, 0.15) is 0 Å². The van der Waals surface area contributed by atoms with Gasteiger partial charge in [0.05, 0.1) is 9.77 Å². The van der Waals surface area contributed by atoms with E-state index in [9.17, 15) is 13.2 Å². The van der Waals surface area contributed by atoms with Crippen LogP contribution in [0.3, 0.4) is 0 Å². The molecule has 1 aliphatic rings. The lowest BCUT2D eigenvalue weighted by atomic mass is 10.2. The third kappa shape index (κ3) is 3.78. The molecule has 0 bridgehead atoms. The molecule has 1 saturated heterocycles. The standard InChI is InChI=1S/C18H22N2O3S2/c1-14-4-6-16(7-5-14)25(22,23)20-10-3-9-19(11-12-20)18(21)17-15(2)8-13-24-17/h4-8,13H,3,9-12H2,1-2H3. The fraction of sp³-hybridized carbons (Fsp3) is 0.389. The molecule has 0 N–H and O–H groups in total. The molecule has 0 unspecified atom stereocenters. The first-order valence-electron chi connectivity index (χ1n) is 8.30. The lowest BCUT2D eigenvalue weighted by Crippen LogP contribution is -2.37. The van der Waals surface area contributed by atoms with Crippen molar-refractivity contribution in [3.05, 3.63) is 51.7 Å². The van der Waals surface area contributed by atoms with Gasteiger partial charge in [0, 0.05) is 26.2 Å². The molecule has 7 heteroatoms. The smallest absolute Gasteiger partial charge is 0.264 e. The maximum atomic E-state index is 12.8. The van der Waals surface area contributed by atoms with Crippen molar-refractivity contribution in [3.8, 4) is 0 Å². The highest BCUT2D eigenvalue weighted by molar-refractivity contribution is 7.89. The predicted octanol–water partition coefficient (Wildman–Crippen LogP) is 2.90. The van der Waals surface area contributed by atoms with Crippen molar-refractivity contribution < 1.29 is 13.2 Å². The summed E-state index contributed by atoms with van der Waals surface area (Å²) >= 11 is 1.44. The van der Waals surface area contributed by atoms with Crippen molar-refractivity contribution in [2.75, 3.05) is 26.2 Å². The fourth-order valence-corrected chi connectivity index (χ4v) is 5.29. The number of amides is 1. The van der Waals surface area contributed by atoms with Crippen LogP contribution in [0.25, 0.3) is 0 Å². The van der Waals surface area contributed by atoms with Crippen LogP contribution in [0.1, 0.15) is 27.2 Å². The Bertz CT molecular complexity index is 857. The maximum Gasteiger partial charge on any atom is 0.264 e. The maximum absolute atomic E-state index is 12.8. The van der Waals surface area contributed by atoms with E-state index in [1.807, 2.05) is 25.3 Å². The number of nitrogens with zero attached hydrogens (tertiary/aromatic N) is 2. The van der Waals surface area contributed by atoms with E-state index < -0.39 is 10.0 Å².